The molecule has 1 saturated heterocycles. The zero-order chi connectivity index (χ0) is 24.7. The third-order valence-corrected chi connectivity index (χ3v) is 7.34. The molecular weight excluding hydrogens is 446 g/mol. The van der Waals surface area contributed by atoms with Crippen molar-refractivity contribution < 1.29 is 4.79 Å². The average molecular weight is 482 g/mol. The molecule has 1 aliphatic heterocycles. The number of hydrogen-bond acceptors (Lipinski definition) is 4. The van der Waals surface area contributed by atoms with Crippen LogP contribution in [0.2, 0.25) is 0 Å². The Hall–Kier alpha value is -3.64. The van der Waals surface area contributed by atoms with Crippen molar-refractivity contribution >= 4 is 22.9 Å². The van der Waals surface area contributed by atoms with Crippen LogP contribution in [-0.4, -0.2) is 53.5 Å². The summed E-state index contributed by atoms with van der Waals surface area (Å²) in [4.78, 5) is 23.1. The predicted octanol–water partition coefficient (Wildman–Crippen LogP) is 5.22. The van der Waals surface area contributed by atoms with E-state index in [0.717, 1.165) is 73.4 Å². The second kappa shape index (κ2) is 11.4. The number of aromatic nitrogens is 2. The second-order valence-corrected chi connectivity index (χ2v) is 9.70. The van der Waals surface area contributed by atoms with Crippen LogP contribution in [-0.2, 0) is 6.42 Å². The Morgan fingerprint density at radius 1 is 1.00 bits per heavy atom. The quantitative estimate of drug-likeness (QED) is 0.307. The number of imidazole rings is 1. The summed E-state index contributed by atoms with van der Waals surface area (Å²) in [7, 11) is 1.69. The van der Waals surface area contributed by atoms with Gasteiger partial charge < -0.3 is 20.5 Å². The van der Waals surface area contributed by atoms with Crippen molar-refractivity contribution in [2.24, 2.45) is 0 Å². The highest BCUT2D eigenvalue weighted by molar-refractivity contribution is 5.95. The Morgan fingerprint density at radius 3 is 2.50 bits per heavy atom. The number of piperidine rings is 1. The van der Waals surface area contributed by atoms with Gasteiger partial charge in [-0.3, -0.25) is 4.79 Å². The number of benzene rings is 3. The van der Waals surface area contributed by atoms with Crippen LogP contribution >= 0.6 is 0 Å². The summed E-state index contributed by atoms with van der Waals surface area (Å²) in [5.74, 6) is 1.22. The predicted molar refractivity (Wildman–Crippen MR) is 147 cm³/mol. The van der Waals surface area contributed by atoms with Crippen LogP contribution in [0.1, 0.15) is 46.7 Å². The van der Waals surface area contributed by atoms with Gasteiger partial charge in [-0.2, -0.15) is 0 Å². The summed E-state index contributed by atoms with van der Waals surface area (Å²) >= 11 is 0. The van der Waals surface area contributed by atoms with Gasteiger partial charge in [-0.25, -0.2) is 4.98 Å². The van der Waals surface area contributed by atoms with Gasteiger partial charge in [0.2, 0.25) is 5.95 Å². The fourth-order valence-corrected chi connectivity index (χ4v) is 5.29. The number of hydrogen-bond donors (Lipinski definition) is 3. The first kappa shape index (κ1) is 24.1. The van der Waals surface area contributed by atoms with Gasteiger partial charge in [0, 0.05) is 31.7 Å². The Balaban J connectivity index is 1.19. The molecular formula is C30H35N5O. The topological polar surface area (TPSA) is 73.1 Å². The Labute approximate surface area is 213 Å². The van der Waals surface area contributed by atoms with E-state index in [2.05, 4.69) is 68.0 Å². The molecule has 6 heteroatoms. The average Bonchev–Trinajstić information content (AvgIpc) is 3.34. The molecule has 3 N–H and O–H groups in total. The van der Waals surface area contributed by atoms with Crippen molar-refractivity contribution in [2.45, 2.75) is 37.6 Å². The van der Waals surface area contributed by atoms with Gasteiger partial charge >= 0.3 is 0 Å². The van der Waals surface area contributed by atoms with Gasteiger partial charge in [-0.05, 0) is 67.5 Å². The van der Waals surface area contributed by atoms with E-state index >= 15 is 0 Å². The minimum absolute atomic E-state index is 0.0172. The fourth-order valence-electron chi connectivity index (χ4n) is 5.29. The minimum Gasteiger partial charge on any atom is -0.355 e. The highest BCUT2D eigenvalue weighted by Gasteiger charge is 2.22. The van der Waals surface area contributed by atoms with E-state index in [9.17, 15) is 4.79 Å². The number of nitrogens with one attached hydrogen (secondary N) is 3. The summed E-state index contributed by atoms with van der Waals surface area (Å²) in [6.07, 6.45) is 4.13. The molecule has 36 heavy (non-hydrogen) atoms. The van der Waals surface area contributed by atoms with E-state index in [1.165, 1.54) is 5.56 Å². The lowest BCUT2D eigenvalue weighted by atomic mass is 9.87. The molecule has 0 aliphatic carbocycles. The number of nitrogens with zero attached hydrogens (tertiary/aromatic N) is 2. The number of para-hydroxylation sites is 2. The third-order valence-electron chi connectivity index (χ3n) is 7.34. The first-order valence-corrected chi connectivity index (χ1v) is 13.0. The van der Waals surface area contributed by atoms with Crippen LogP contribution in [0.3, 0.4) is 0 Å². The number of aromatic amines is 1. The first-order chi connectivity index (χ1) is 17.7. The van der Waals surface area contributed by atoms with Crippen molar-refractivity contribution in [3.05, 3.63) is 95.6 Å². The monoisotopic (exact) mass is 481 g/mol. The second-order valence-electron chi connectivity index (χ2n) is 9.70. The largest absolute Gasteiger partial charge is 0.355 e. The van der Waals surface area contributed by atoms with Gasteiger partial charge in [-0.15, -0.1) is 0 Å². The molecule has 1 atom stereocenters. The van der Waals surface area contributed by atoms with E-state index in [1.807, 2.05) is 36.4 Å². The SMILES string of the molecule is CNC(=O)c1ccccc1CC(CCN1CCC(Nc2nc3ccccc3[nH]2)CC1)c1ccccc1. The Kier molecular flexibility index (Phi) is 7.62. The lowest BCUT2D eigenvalue weighted by Crippen LogP contribution is -2.40. The number of fused-ring (bicyclic) bond motifs is 1. The number of amides is 1. The van der Waals surface area contributed by atoms with Crippen molar-refractivity contribution in [2.75, 3.05) is 32.0 Å². The van der Waals surface area contributed by atoms with Gasteiger partial charge in [0.25, 0.3) is 5.91 Å². The molecule has 186 valence electrons. The molecule has 3 aromatic carbocycles. The number of carbonyl (C=O) groups excluding carboxylic acids is 1. The molecule has 0 bridgehead atoms. The van der Waals surface area contributed by atoms with Crippen molar-refractivity contribution in [3.63, 3.8) is 0 Å². The molecule has 6 nitrogen and oxygen atoms in total. The minimum atomic E-state index is -0.0172. The summed E-state index contributed by atoms with van der Waals surface area (Å²) in [5.41, 5.74) is 5.30. The standard InChI is InChI=1S/C30H35N5O/c1-31-29(36)26-12-6-5-11-24(26)21-23(22-9-3-2-4-10-22)15-18-35-19-16-25(17-20-35)32-30-33-27-13-7-8-14-28(27)34-30/h2-14,23,25H,15-21H2,1H3,(H,31,36)(H2,32,33,34). The zero-order valence-electron chi connectivity index (χ0n) is 20.9. The molecule has 5 rings (SSSR count). The number of anilines is 1. The maximum atomic E-state index is 12.4. The number of likely N-dealkylation sites (tertiary alicyclic amines) is 1. The molecule has 1 amide bonds. The van der Waals surface area contributed by atoms with Gasteiger partial charge in [0.15, 0.2) is 0 Å². The summed E-state index contributed by atoms with van der Waals surface area (Å²) in [6, 6.07) is 27.3. The Morgan fingerprint density at radius 2 is 1.72 bits per heavy atom. The van der Waals surface area contributed by atoms with Gasteiger partial charge in [0.1, 0.15) is 0 Å². The zero-order valence-corrected chi connectivity index (χ0v) is 20.9. The molecule has 4 aromatic rings. The molecule has 0 saturated carbocycles. The van der Waals surface area contributed by atoms with Crippen LogP contribution < -0.4 is 10.6 Å². The van der Waals surface area contributed by atoms with Gasteiger partial charge in [-0.1, -0.05) is 60.7 Å². The molecule has 1 unspecified atom stereocenters. The maximum Gasteiger partial charge on any atom is 0.251 e. The number of H-pyrrole nitrogens is 1. The van der Waals surface area contributed by atoms with E-state index in [4.69, 9.17) is 0 Å². The van der Waals surface area contributed by atoms with Gasteiger partial charge in [0.05, 0.1) is 11.0 Å². The highest BCUT2D eigenvalue weighted by atomic mass is 16.1. The van der Waals surface area contributed by atoms with Crippen LogP contribution in [0.25, 0.3) is 11.0 Å². The summed E-state index contributed by atoms with van der Waals surface area (Å²) in [6.45, 7) is 3.21. The third kappa shape index (κ3) is 5.77. The molecule has 1 aromatic heterocycles. The normalized spacial score (nSPS) is 15.6. The van der Waals surface area contributed by atoms with Crippen LogP contribution in [0, 0.1) is 0 Å². The van der Waals surface area contributed by atoms with Crippen LogP contribution in [0.15, 0.2) is 78.9 Å². The van der Waals surface area contributed by atoms with Crippen LogP contribution in [0.5, 0.6) is 0 Å². The molecule has 2 heterocycles. The van der Waals surface area contributed by atoms with E-state index < -0.39 is 0 Å². The summed E-state index contributed by atoms with van der Waals surface area (Å²) < 4.78 is 0. The first-order valence-electron chi connectivity index (χ1n) is 13.0. The van der Waals surface area contributed by atoms with Crippen molar-refractivity contribution in [1.29, 1.82) is 0 Å². The molecule has 0 spiro atoms. The van der Waals surface area contributed by atoms with E-state index in [-0.39, 0.29) is 5.91 Å². The lowest BCUT2D eigenvalue weighted by Gasteiger charge is -2.33. The van der Waals surface area contributed by atoms with Crippen molar-refractivity contribution in [3.8, 4) is 0 Å². The van der Waals surface area contributed by atoms with E-state index in [0.29, 0.717) is 12.0 Å². The number of carbonyl (C=O) groups is 1. The molecule has 0 radical (unpaired) electrons. The molecule has 1 aliphatic rings. The number of rotatable bonds is 9. The Bertz CT molecular complexity index is 1240. The smallest absolute Gasteiger partial charge is 0.251 e. The van der Waals surface area contributed by atoms with Crippen LogP contribution in [0.4, 0.5) is 5.95 Å². The highest BCUT2D eigenvalue weighted by Crippen LogP contribution is 2.27. The van der Waals surface area contributed by atoms with E-state index in [1.54, 1.807) is 7.05 Å². The fraction of sp³-hybridized carbons (Fsp3) is 0.333. The van der Waals surface area contributed by atoms with Crippen molar-refractivity contribution in [1.82, 2.24) is 20.2 Å². The lowest BCUT2D eigenvalue weighted by molar-refractivity contribution is 0.0962. The molecule has 1 fully saturated rings. The maximum absolute atomic E-state index is 12.4. The summed E-state index contributed by atoms with van der Waals surface area (Å²) in [5, 5.41) is 6.39.